The lowest BCUT2D eigenvalue weighted by Crippen LogP contribution is -2.55. The first kappa shape index (κ1) is 12.1. The summed E-state index contributed by atoms with van der Waals surface area (Å²) >= 11 is 0. The van der Waals surface area contributed by atoms with Crippen LogP contribution in [0.4, 0.5) is 4.79 Å². The van der Waals surface area contributed by atoms with Crippen molar-refractivity contribution in [1.29, 1.82) is 0 Å². The molecule has 17 heavy (non-hydrogen) atoms. The fourth-order valence-electron chi connectivity index (χ4n) is 2.08. The zero-order valence-corrected chi connectivity index (χ0v) is 10.5. The van der Waals surface area contributed by atoms with Crippen LogP contribution >= 0.6 is 0 Å². The van der Waals surface area contributed by atoms with E-state index in [-0.39, 0.29) is 5.78 Å². The Morgan fingerprint density at radius 1 is 1.53 bits per heavy atom. The van der Waals surface area contributed by atoms with Gasteiger partial charge in [0.25, 0.3) is 0 Å². The van der Waals surface area contributed by atoms with Gasteiger partial charge in [-0.25, -0.2) is 4.79 Å². The fraction of sp³-hybridized carbons (Fsp3) is 0.750. The molecular formula is C12H18N2O3. The molecule has 0 aromatic carbocycles. The predicted octanol–water partition coefficient (Wildman–Crippen LogP) is 1.61. The maximum atomic E-state index is 11.8. The van der Waals surface area contributed by atoms with Gasteiger partial charge in [-0.15, -0.1) is 0 Å². The summed E-state index contributed by atoms with van der Waals surface area (Å²) < 4.78 is 5.26. The van der Waals surface area contributed by atoms with Crippen LogP contribution < -0.4 is 0 Å². The van der Waals surface area contributed by atoms with Gasteiger partial charge in [0.05, 0.1) is 18.3 Å². The first-order valence-electron chi connectivity index (χ1n) is 5.85. The summed E-state index contributed by atoms with van der Waals surface area (Å²) in [4.78, 5) is 29.0. The Kier molecular flexibility index (Phi) is 2.72. The van der Waals surface area contributed by atoms with E-state index in [1.165, 1.54) is 11.2 Å². The maximum Gasteiger partial charge on any atom is 0.415 e. The molecule has 1 atom stereocenters. The molecular weight excluding hydrogens is 220 g/mol. The van der Waals surface area contributed by atoms with Gasteiger partial charge in [0.2, 0.25) is 0 Å². The highest BCUT2D eigenvalue weighted by atomic mass is 16.6. The Bertz CT molecular complexity index is 384. The van der Waals surface area contributed by atoms with Gasteiger partial charge in [-0.05, 0) is 27.2 Å². The molecule has 1 saturated carbocycles. The second-order valence-electron chi connectivity index (χ2n) is 5.77. The van der Waals surface area contributed by atoms with Crippen molar-refractivity contribution < 1.29 is 14.3 Å². The molecule has 5 heteroatoms. The Labute approximate surface area is 101 Å². The fourth-order valence-corrected chi connectivity index (χ4v) is 2.08. The van der Waals surface area contributed by atoms with Crippen LogP contribution in [-0.2, 0) is 9.53 Å². The van der Waals surface area contributed by atoms with E-state index in [0.717, 1.165) is 6.42 Å². The molecule has 2 rings (SSSR count). The van der Waals surface area contributed by atoms with Crippen molar-refractivity contribution in [2.75, 3.05) is 13.1 Å². The quantitative estimate of drug-likeness (QED) is 0.644. The molecule has 0 aromatic heterocycles. The average molecular weight is 238 g/mol. The van der Waals surface area contributed by atoms with Crippen molar-refractivity contribution >= 4 is 18.2 Å². The molecule has 1 spiro atoms. The lowest BCUT2D eigenvalue weighted by atomic mass is 9.67. The second kappa shape index (κ2) is 3.82. The molecule has 0 aromatic rings. The van der Waals surface area contributed by atoms with Crippen molar-refractivity contribution in [2.24, 2.45) is 10.4 Å². The van der Waals surface area contributed by atoms with Crippen LogP contribution in [0.1, 0.15) is 33.6 Å². The largest absolute Gasteiger partial charge is 0.443 e. The number of ether oxygens (including phenoxy) is 1. The minimum absolute atomic E-state index is 0.211. The molecule has 1 unspecified atom stereocenters. The Hall–Kier alpha value is -1.39. The predicted molar refractivity (Wildman–Crippen MR) is 63.0 cm³/mol. The Morgan fingerprint density at radius 3 is 2.71 bits per heavy atom. The monoisotopic (exact) mass is 238 g/mol. The molecule has 5 nitrogen and oxygen atoms in total. The first-order chi connectivity index (χ1) is 7.82. The second-order valence-corrected chi connectivity index (χ2v) is 5.77. The smallest absolute Gasteiger partial charge is 0.415 e. The molecule has 0 radical (unpaired) electrons. The minimum atomic E-state index is -0.529. The van der Waals surface area contributed by atoms with Crippen molar-refractivity contribution in [2.45, 2.75) is 39.2 Å². The van der Waals surface area contributed by atoms with E-state index in [1.807, 2.05) is 20.8 Å². The lowest BCUT2D eigenvalue weighted by molar-refractivity contribution is -0.138. The number of aliphatic imine (C=N–C) groups is 1. The summed E-state index contributed by atoms with van der Waals surface area (Å²) in [6, 6.07) is 0. The van der Waals surface area contributed by atoms with Gasteiger partial charge < -0.3 is 4.74 Å². The third-order valence-electron chi connectivity index (χ3n) is 3.14. The molecule has 1 fully saturated rings. The van der Waals surface area contributed by atoms with Crippen molar-refractivity contribution in [3.05, 3.63) is 0 Å². The number of ketones is 1. The van der Waals surface area contributed by atoms with Crippen LogP contribution in [0, 0.1) is 5.41 Å². The number of carbonyl (C=O) groups is 2. The van der Waals surface area contributed by atoms with Gasteiger partial charge in [-0.3, -0.25) is 14.7 Å². The van der Waals surface area contributed by atoms with E-state index in [2.05, 4.69) is 4.99 Å². The summed E-state index contributed by atoms with van der Waals surface area (Å²) in [6.07, 6.45) is 2.48. The number of Topliss-reactive ketones (excluding diaryl/α,β-unsaturated/α-hetero) is 1. The van der Waals surface area contributed by atoms with E-state index < -0.39 is 17.1 Å². The van der Waals surface area contributed by atoms with E-state index in [4.69, 9.17) is 4.74 Å². The number of rotatable bonds is 0. The van der Waals surface area contributed by atoms with Crippen LogP contribution in [0.2, 0.25) is 0 Å². The van der Waals surface area contributed by atoms with E-state index in [1.54, 1.807) is 0 Å². The highest BCUT2D eigenvalue weighted by Crippen LogP contribution is 2.39. The van der Waals surface area contributed by atoms with Crippen LogP contribution in [-0.4, -0.2) is 41.8 Å². The van der Waals surface area contributed by atoms with E-state index in [0.29, 0.717) is 19.5 Å². The SMILES string of the molecule is CC(C)(C)OC(=O)N1C=NCC2(CCC2=O)C1. The van der Waals surface area contributed by atoms with Gasteiger partial charge in [-0.1, -0.05) is 0 Å². The van der Waals surface area contributed by atoms with Gasteiger partial charge >= 0.3 is 6.09 Å². The van der Waals surface area contributed by atoms with Gasteiger partial charge in [-0.2, -0.15) is 0 Å². The molecule has 0 bridgehead atoms. The van der Waals surface area contributed by atoms with Crippen molar-refractivity contribution in [1.82, 2.24) is 4.90 Å². The van der Waals surface area contributed by atoms with Gasteiger partial charge in [0, 0.05) is 13.0 Å². The summed E-state index contributed by atoms with van der Waals surface area (Å²) in [5.74, 6) is 0.211. The zero-order chi connectivity index (χ0) is 12.7. The summed E-state index contributed by atoms with van der Waals surface area (Å²) in [5, 5.41) is 0. The Morgan fingerprint density at radius 2 is 2.24 bits per heavy atom. The number of hydrogen-bond acceptors (Lipinski definition) is 4. The summed E-state index contributed by atoms with van der Waals surface area (Å²) in [6.45, 7) is 6.36. The number of hydrogen-bond donors (Lipinski definition) is 0. The standard InChI is InChI=1S/C12H18N2O3/c1-11(2,3)17-10(16)14-7-12(6-13-8-14)5-4-9(12)15/h8H,4-7H2,1-3H3. The van der Waals surface area contributed by atoms with Gasteiger partial charge in [0.15, 0.2) is 0 Å². The topological polar surface area (TPSA) is 59.0 Å². The third-order valence-corrected chi connectivity index (χ3v) is 3.14. The highest BCUT2D eigenvalue weighted by Gasteiger charge is 2.49. The molecule has 2 aliphatic rings. The van der Waals surface area contributed by atoms with Crippen LogP contribution in [0.3, 0.4) is 0 Å². The molecule has 1 aliphatic carbocycles. The summed E-state index contributed by atoms with van der Waals surface area (Å²) in [5.41, 5.74) is -0.954. The molecule has 94 valence electrons. The van der Waals surface area contributed by atoms with Gasteiger partial charge in [0.1, 0.15) is 11.4 Å². The molecule has 1 amide bonds. The number of nitrogens with zero attached hydrogens (tertiary/aromatic N) is 2. The Balaban J connectivity index is 2.03. The molecule has 1 aliphatic heterocycles. The zero-order valence-electron chi connectivity index (χ0n) is 10.5. The molecule has 0 saturated heterocycles. The van der Waals surface area contributed by atoms with Crippen molar-refractivity contribution in [3.8, 4) is 0 Å². The van der Waals surface area contributed by atoms with Crippen LogP contribution in [0.25, 0.3) is 0 Å². The molecule has 1 heterocycles. The first-order valence-corrected chi connectivity index (χ1v) is 5.85. The third kappa shape index (κ3) is 2.33. The van der Waals surface area contributed by atoms with E-state index in [9.17, 15) is 9.59 Å². The van der Waals surface area contributed by atoms with E-state index >= 15 is 0 Å². The highest BCUT2D eigenvalue weighted by molar-refractivity contribution is 5.93. The minimum Gasteiger partial charge on any atom is -0.443 e. The molecule has 0 N–H and O–H groups in total. The average Bonchev–Trinajstić information content (AvgIpc) is 2.25. The summed E-state index contributed by atoms with van der Waals surface area (Å²) in [7, 11) is 0. The van der Waals surface area contributed by atoms with Crippen molar-refractivity contribution in [3.63, 3.8) is 0 Å². The normalized spacial score (nSPS) is 28.2. The lowest BCUT2D eigenvalue weighted by Gasteiger charge is -2.43. The van der Waals surface area contributed by atoms with Crippen LogP contribution in [0.5, 0.6) is 0 Å². The van der Waals surface area contributed by atoms with Crippen LogP contribution in [0.15, 0.2) is 4.99 Å². The number of amides is 1. The maximum absolute atomic E-state index is 11.8. The number of carbonyl (C=O) groups excluding carboxylic acids is 2.